The number of hydrogen-bond acceptors (Lipinski definition) is 4. The van der Waals surface area contributed by atoms with E-state index in [0.29, 0.717) is 6.54 Å². The topological polar surface area (TPSA) is 58.4 Å². The third-order valence-electron chi connectivity index (χ3n) is 2.30. The molecule has 4 nitrogen and oxygen atoms in total. The molecule has 90 valence electrons. The number of thioether (sulfide) groups is 1. The number of nitrogens with two attached hydrogens (primary N) is 1. The zero-order valence-corrected chi connectivity index (χ0v) is 10.8. The van der Waals surface area contributed by atoms with E-state index in [-0.39, 0.29) is 11.9 Å². The molecule has 0 spiro atoms. The van der Waals surface area contributed by atoms with E-state index in [1.54, 1.807) is 11.8 Å². The van der Waals surface area contributed by atoms with Gasteiger partial charge in [-0.1, -0.05) is 6.92 Å². The van der Waals surface area contributed by atoms with Crippen molar-refractivity contribution in [3.8, 4) is 0 Å². The van der Waals surface area contributed by atoms with Crippen molar-refractivity contribution in [1.82, 2.24) is 10.2 Å². The molecule has 0 fully saturated rings. The van der Waals surface area contributed by atoms with Gasteiger partial charge in [-0.05, 0) is 32.0 Å². The molecule has 0 bridgehead atoms. The summed E-state index contributed by atoms with van der Waals surface area (Å²) in [6.45, 7) is 4.63. The van der Waals surface area contributed by atoms with E-state index in [9.17, 15) is 4.79 Å². The largest absolute Gasteiger partial charge is 0.353 e. The van der Waals surface area contributed by atoms with E-state index < -0.39 is 0 Å². The fourth-order valence-electron chi connectivity index (χ4n) is 1.04. The van der Waals surface area contributed by atoms with Gasteiger partial charge >= 0.3 is 0 Å². The van der Waals surface area contributed by atoms with Gasteiger partial charge in [-0.2, -0.15) is 11.8 Å². The van der Waals surface area contributed by atoms with Gasteiger partial charge in [0, 0.05) is 13.1 Å². The van der Waals surface area contributed by atoms with Crippen molar-refractivity contribution in [2.24, 2.45) is 5.73 Å². The molecule has 0 saturated heterocycles. The van der Waals surface area contributed by atoms with Crippen molar-refractivity contribution in [2.75, 3.05) is 38.7 Å². The van der Waals surface area contributed by atoms with Crippen LogP contribution in [0.2, 0.25) is 0 Å². The van der Waals surface area contributed by atoms with E-state index >= 15 is 0 Å². The van der Waals surface area contributed by atoms with Crippen LogP contribution in [0, 0.1) is 0 Å². The summed E-state index contributed by atoms with van der Waals surface area (Å²) in [5.41, 5.74) is 5.71. The lowest BCUT2D eigenvalue weighted by Crippen LogP contribution is -2.43. The van der Waals surface area contributed by atoms with Gasteiger partial charge in [0.1, 0.15) is 0 Å². The van der Waals surface area contributed by atoms with E-state index in [1.165, 1.54) is 0 Å². The summed E-state index contributed by atoms with van der Waals surface area (Å²) < 4.78 is 0. The first kappa shape index (κ1) is 14.7. The minimum atomic E-state index is -0.357. The Labute approximate surface area is 97.0 Å². The Morgan fingerprint density at radius 1 is 1.60 bits per heavy atom. The van der Waals surface area contributed by atoms with Gasteiger partial charge in [-0.15, -0.1) is 0 Å². The Balaban J connectivity index is 3.55. The fraction of sp³-hybridized carbons (Fsp3) is 0.900. The minimum Gasteiger partial charge on any atom is -0.353 e. The van der Waals surface area contributed by atoms with Crippen LogP contribution in [-0.4, -0.2) is 55.5 Å². The summed E-state index contributed by atoms with van der Waals surface area (Å²) in [4.78, 5) is 13.6. The average Bonchev–Trinajstić information content (AvgIpc) is 2.25. The van der Waals surface area contributed by atoms with Crippen LogP contribution in [0.1, 0.15) is 13.3 Å². The van der Waals surface area contributed by atoms with Crippen LogP contribution < -0.4 is 11.1 Å². The van der Waals surface area contributed by atoms with Gasteiger partial charge in [0.05, 0.1) is 6.04 Å². The molecule has 15 heavy (non-hydrogen) atoms. The summed E-state index contributed by atoms with van der Waals surface area (Å²) in [6.07, 6.45) is 2.76. The number of carbonyl (C=O) groups excluding carboxylic acids is 1. The Morgan fingerprint density at radius 3 is 2.80 bits per heavy atom. The summed E-state index contributed by atoms with van der Waals surface area (Å²) in [7, 11) is 2.03. The van der Waals surface area contributed by atoms with E-state index in [2.05, 4.69) is 17.1 Å². The second-order valence-corrected chi connectivity index (χ2v) is 4.56. The lowest BCUT2D eigenvalue weighted by molar-refractivity contribution is -0.122. The second-order valence-electron chi connectivity index (χ2n) is 3.57. The van der Waals surface area contributed by atoms with Crippen molar-refractivity contribution >= 4 is 17.7 Å². The van der Waals surface area contributed by atoms with Gasteiger partial charge in [0.25, 0.3) is 0 Å². The maximum atomic E-state index is 11.5. The lowest BCUT2D eigenvalue weighted by Gasteiger charge is -2.16. The average molecular weight is 233 g/mol. The Kier molecular flexibility index (Phi) is 8.85. The quantitative estimate of drug-likeness (QED) is 0.626. The van der Waals surface area contributed by atoms with Crippen LogP contribution in [0.4, 0.5) is 0 Å². The molecule has 0 aromatic rings. The highest BCUT2D eigenvalue weighted by molar-refractivity contribution is 7.98. The molecule has 1 atom stereocenters. The molecule has 0 aromatic heterocycles. The third kappa shape index (κ3) is 7.64. The van der Waals surface area contributed by atoms with Gasteiger partial charge < -0.3 is 16.0 Å². The number of amides is 1. The van der Waals surface area contributed by atoms with E-state index in [1.807, 2.05) is 13.3 Å². The van der Waals surface area contributed by atoms with Crippen molar-refractivity contribution < 1.29 is 4.79 Å². The predicted octanol–water partition coefficient (Wildman–Crippen LogP) is 0.135. The summed E-state index contributed by atoms with van der Waals surface area (Å²) in [6, 6.07) is -0.357. The number of nitrogens with one attached hydrogen (secondary N) is 1. The highest BCUT2D eigenvalue weighted by Crippen LogP contribution is 1.98. The number of hydrogen-bond donors (Lipinski definition) is 2. The molecule has 0 unspecified atom stereocenters. The van der Waals surface area contributed by atoms with Crippen molar-refractivity contribution in [3.05, 3.63) is 0 Å². The molecule has 0 radical (unpaired) electrons. The van der Waals surface area contributed by atoms with Crippen molar-refractivity contribution in [3.63, 3.8) is 0 Å². The molecule has 0 rings (SSSR count). The van der Waals surface area contributed by atoms with Crippen LogP contribution >= 0.6 is 11.8 Å². The number of rotatable bonds is 8. The Hall–Kier alpha value is -0.260. The lowest BCUT2D eigenvalue weighted by atomic mass is 10.2. The fourth-order valence-corrected chi connectivity index (χ4v) is 1.52. The Bertz CT molecular complexity index is 178. The smallest absolute Gasteiger partial charge is 0.236 e. The monoisotopic (exact) mass is 233 g/mol. The third-order valence-corrected chi connectivity index (χ3v) is 2.95. The standard InChI is InChI=1S/C10H23N3OS/c1-4-13(2)7-6-12-10(14)9(11)5-8-15-3/h9H,4-8,11H2,1-3H3,(H,12,14)/t9-/m0/s1. The summed E-state index contributed by atoms with van der Waals surface area (Å²) in [5.74, 6) is 0.900. The van der Waals surface area contributed by atoms with E-state index in [4.69, 9.17) is 5.73 Å². The number of carbonyl (C=O) groups is 1. The molecular formula is C10H23N3OS. The molecular weight excluding hydrogens is 210 g/mol. The zero-order valence-electron chi connectivity index (χ0n) is 9.95. The molecule has 0 aliphatic heterocycles. The molecule has 0 saturated carbocycles. The van der Waals surface area contributed by atoms with Crippen LogP contribution in [-0.2, 0) is 4.79 Å². The maximum Gasteiger partial charge on any atom is 0.236 e. The van der Waals surface area contributed by atoms with Gasteiger partial charge in [-0.3, -0.25) is 4.79 Å². The van der Waals surface area contributed by atoms with Crippen LogP contribution in [0.25, 0.3) is 0 Å². The maximum absolute atomic E-state index is 11.5. The first-order valence-electron chi connectivity index (χ1n) is 5.32. The first-order chi connectivity index (χ1) is 7.11. The van der Waals surface area contributed by atoms with Crippen LogP contribution in [0.15, 0.2) is 0 Å². The van der Waals surface area contributed by atoms with E-state index in [0.717, 1.165) is 25.3 Å². The van der Waals surface area contributed by atoms with Crippen molar-refractivity contribution in [2.45, 2.75) is 19.4 Å². The molecule has 0 aliphatic rings. The zero-order chi connectivity index (χ0) is 11.7. The SMILES string of the molecule is CCN(C)CCNC(=O)[C@@H](N)CCSC. The number of nitrogens with zero attached hydrogens (tertiary/aromatic N) is 1. The normalized spacial score (nSPS) is 12.9. The predicted molar refractivity (Wildman–Crippen MR) is 67.2 cm³/mol. The molecule has 3 N–H and O–H groups in total. The highest BCUT2D eigenvalue weighted by Gasteiger charge is 2.11. The summed E-state index contributed by atoms with van der Waals surface area (Å²) in [5, 5.41) is 2.84. The molecule has 1 amide bonds. The molecule has 0 aliphatic carbocycles. The molecule has 0 aromatic carbocycles. The van der Waals surface area contributed by atoms with Crippen molar-refractivity contribution in [1.29, 1.82) is 0 Å². The minimum absolute atomic E-state index is 0.0337. The van der Waals surface area contributed by atoms with Gasteiger partial charge in [0.15, 0.2) is 0 Å². The first-order valence-corrected chi connectivity index (χ1v) is 6.72. The van der Waals surface area contributed by atoms with Crippen LogP contribution in [0.3, 0.4) is 0 Å². The molecule has 0 heterocycles. The van der Waals surface area contributed by atoms with Crippen LogP contribution in [0.5, 0.6) is 0 Å². The second kappa shape index (κ2) is 9.00. The number of likely N-dealkylation sites (N-methyl/N-ethyl adjacent to an activating group) is 1. The van der Waals surface area contributed by atoms with Gasteiger partial charge in [0.2, 0.25) is 5.91 Å². The Morgan fingerprint density at radius 2 is 2.27 bits per heavy atom. The van der Waals surface area contributed by atoms with Gasteiger partial charge in [-0.25, -0.2) is 0 Å². The highest BCUT2D eigenvalue weighted by atomic mass is 32.2. The molecule has 5 heteroatoms. The summed E-state index contributed by atoms with van der Waals surface area (Å²) >= 11 is 1.71.